The van der Waals surface area contributed by atoms with Crippen molar-refractivity contribution in [1.82, 2.24) is 5.32 Å². The van der Waals surface area contributed by atoms with Gasteiger partial charge in [-0.05, 0) is 37.5 Å². The van der Waals surface area contributed by atoms with Crippen LogP contribution < -0.4 is 5.32 Å². The van der Waals surface area contributed by atoms with Gasteiger partial charge >= 0.3 is 0 Å². The second kappa shape index (κ2) is 5.80. The Labute approximate surface area is 106 Å². The van der Waals surface area contributed by atoms with Gasteiger partial charge in [0.1, 0.15) is 5.82 Å². The van der Waals surface area contributed by atoms with E-state index in [0.717, 1.165) is 19.6 Å². The number of halogens is 2. The summed E-state index contributed by atoms with van der Waals surface area (Å²) in [7, 11) is 0. The van der Waals surface area contributed by atoms with Crippen molar-refractivity contribution in [3.63, 3.8) is 0 Å². The summed E-state index contributed by atoms with van der Waals surface area (Å²) in [4.78, 5) is 0. The highest BCUT2D eigenvalue weighted by Gasteiger charge is 2.21. The molecule has 0 aliphatic carbocycles. The normalized spacial score (nSPS) is 21.7. The van der Waals surface area contributed by atoms with Crippen LogP contribution in [0.4, 0.5) is 4.39 Å². The van der Waals surface area contributed by atoms with Crippen molar-refractivity contribution < 1.29 is 9.13 Å². The lowest BCUT2D eigenvalue weighted by Gasteiger charge is -2.19. The standard InChI is InChI=1S/C13H17ClFNO/c1-9(10-4-5-17-8-10)16-7-11-6-12(14)2-3-13(11)15/h2-3,6,9-10,16H,4-5,7-8H2,1H3. The number of hydrogen-bond donors (Lipinski definition) is 1. The van der Waals surface area contributed by atoms with E-state index >= 15 is 0 Å². The molecule has 2 unspecified atom stereocenters. The van der Waals surface area contributed by atoms with E-state index in [2.05, 4.69) is 12.2 Å². The van der Waals surface area contributed by atoms with Crippen molar-refractivity contribution in [2.24, 2.45) is 5.92 Å². The fourth-order valence-electron chi connectivity index (χ4n) is 2.06. The number of rotatable bonds is 4. The maximum Gasteiger partial charge on any atom is 0.127 e. The molecule has 0 amide bonds. The number of nitrogens with one attached hydrogen (secondary N) is 1. The maximum atomic E-state index is 13.5. The molecule has 0 spiro atoms. The van der Waals surface area contributed by atoms with Gasteiger partial charge in [-0.3, -0.25) is 0 Å². The average molecular weight is 258 g/mol. The summed E-state index contributed by atoms with van der Waals surface area (Å²) in [6.07, 6.45) is 1.08. The molecule has 17 heavy (non-hydrogen) atoms. The quantitative estimate of drug-likeness (QED) is 0.895. The molecule has 2 nitrogen and oxygen atoms in total. The third-order valence-electron chi connectivity index (χ3n) is 3.29. The fourth-order valence-corrected chi connectivity index (χ4v) is 2.26. The molecule has 1 aliphatic heterocycles. The minimum atomic E-state index is -0.211. The Morgan fingerprint density at radius 3 is 3.12 bits per heavy atom. The molecule has 1 aliphatic rings. The van der Waals surface area contributed by atoms with Crippen LogP contribution in [0.25, 0.3) is 0 Å². The first-order chi connectivity index (χ1) is 8.16. The lowest BCUT2D eigenvalue weighted by atomic mass is 10.0. The average Bonchev–Trinajstić information content (AvgIpc) is 2.83. The molecular weight excluding hydrogens is 241 g/mol. The molecule has 1 aromatic rings. The van der Waals surface area contributed by atoms with Crippen LogP contribution in [-0.4, -0.2) is 19.3 Å². The molecule has 1 fully saturated rings. The Hall–Kier alpha value is -0.640. The molecule has 2 atom stereocenters. The zero-order valence-electron chi connectivity index (χ0n) is 9.88. The van der Waals surface area contributed by atoms with Gasteiger partial charge in [0.2, 0.25) is 0 Å². The molecule has 0 saturated carbocycles. The number of hydrogen-bond acceptors (Lipinski definition) is 2. The first-order valence-electron chi connectivity index (χ1n) is 5.92. The number of benzene rings is 1. The first-order valence-corrected chi connectivity index (χ1v) is 6.29. The lowest BCUT2D eigenvalue weighted by Crippen LogP contribution is -2.33. The largest absolute Gasteiger partial charge is 0.381 e. The van der Waals surface area contributed by atoms with E-state index in [1.165, 1.54) is 6.07 Å². The number of ether oxygens (including phenoxy) is 1. The highest BCUT2D eigenvalue weighted by molar-refractivity contribution is 6.30. The highest BCUT2D eigenvalue weighted by atomic mass is 35.5. The lowest BCUT2D eigenvalue weighted by molar-refractivity contribution is 0.178. The Morgan fingerprint density at radius 1 is 1.59 bits per heavy atom. The van der Waals surface area contributed by atoms with E-state index in [-0.39, 0.29) is 5.82 Å². The molecule has 0 radical (unpaired) electrons. The summed E-state index contributed by atoms with van der Waals surface area (Å²) in [6, 6.07) is 4.97. The van der Waals surface area contributed by atoms with Crippen molar-refractivity contribution in [3.8, 4) is 0 Å². The van der Waals surface area contributed by atoms with Gasteiger partial charge in [-0.15, -0.1) is 0 Å². The Bertz CT molecular complexity index is 380. The SMILES string of the molecule is CC(NCc1cc(Cl)ccc1F)C1CCOC1. The zero-order valence-corrected chi connectivity index (χ0v) is 10.6. The molecule has 2 rings (SSSR count). The van der Waals surface area contributed by atoms with Crippen LogP contribution in [0.15, 0.2) is 18.2 Å². The summed E-state index contributed by atoms with van der Waals surface area (Å²) in [5.41, 5.74) is 0.614. The minimum absolute atomic E-state index is 0.211. The Balaban J connectivity index is 1.90. The fraction of sp³-hybridized carbons (Fsp3) is 0.538. The minimum Gasteiger partial charge on any atom is -0.381 e. The molecule has 0 aromatic heterocycles. The summed E-state index contributed by atoms with van der Waals surface area (Å²) in [5, 5.41) is 3.90. The highest BCUT2D eigenvalue weighted by Crippen LogP contribution is 2.18. The van der Waals surface area contributed by atoms with Crippen LogP contribution in [0.5, 0.6) is 0 Å². The zero-order chi connectivity index (χ0) is 12.3. The topological polar surface area (TPSA) is 21.3 Å². The summed E-state index contributed by atoms with van der Waals surface area (Å²) in [5.74, 6) is 0.314. The van der Waals surface area contributed by atoms with Gasteiger partial charge in [0, 0.05) is 29.8 Å². The Kier molecular flexibility index (Phi) is 4.37. The van der Waals surface area contributed by atoms with Crippen LogP contribution in [-0.2, 0) is 11.3 Å². The third-order valence-corrected chi connectivity index (χ3v) is 3.53. The molecule has 1 saturated heterocycles. The predicted molar refractivity (Wildman–Crippen MR) is 66.6 cm³/mol. The summed E-state index contributed by atoms with van der Waals surface area (Å²) >= 11 is 5.84. The molecule has 94 valence electrons. The second-order valence-electron chi connectivity index (χ2n) is 4.53. The van der Waals surface area contributed by atoms with Crippen LogP contribution in [0.3, 0.4) is 0 Å². The van der Waals surface area contributed by atoms with Crippen LogP contribution in [0.1, 0.15) is 18.9 Å². The predicted octanol–water partition coefficient (Wildman–Crippen LogP) is 2.99. The van der Waals surface area contributed by atoms with Gasteiger partial charge < -0.3 is 10.1 Å². The van der Waals surface area contributed by atoms with Gasteiger partial charge in [-0.2, -0.15) is 0 Å². The Morgan fingerprint density at radius 2 is 2.41 bits per heavy atom. The van der Waals surface area contributed by atoms with E-state index in [0.29, 0.717) is 29.1 Å². The molecule has 1 aromatic carbocycles. The summed E-state index contributed by atoms with van der Waals surface area (Å²) in [6.45, 7) is 4.25. The first kappa shape index (κ1) is 12.8. The van der Waals surface area contributed by atoms with Crippen LogP contribution in [0.2, 0.25) is 5.02 Å². The summed E-state index contributed by atoms with van der Waals surface area (Å²) < 4.78 is 18.8. The van der Waals surface area contributed by atoms with Crippen molar-refractivity contribution >= 4 is 11.6 Å². The van der Waals surface area contributed by atoms with Crippen molar-refractivity contribution in [2.45, 2.75) is 25.9 Å². The van der Waals surface area contributed by atoms with E-state index in [4.69, 9.17) is 16.3 Å². The monoisotopic (exact) mass is 257 g/mol. The van der Waals surface area contributed by atoms with Crippen molar-refractivity contribution in [3.05, 3.63) is 34.6 Å². The second-order valence-corrected chi connectivity index (χ2v) is 4.97. The van der Waals surface area contributed by atoms with Crippen molar-refractivity contribution in [1.29, 1.82) is 0 Å². The molecule has 0 bridgehead atoms. The van der Waals surface area contributed by atoms with E-state index in [1.807, 2.05) is 0 Å². The van der Waals surface area contributed by atoms with Crippen molar-refractivity contribution in [2.75, 3.05) is 13.2 Å². The van der Waals surface area contributed by atoms with Gasteiger partial charge in [0.15, 0.2) is 0 Å². The third kappa shape index (κ3) is 3.41. The van der Waals surface area contributed by atoms with E-state index in [9.17, 15) is 4.39 Å². The van der Waals surface area contributed by atoms with Gasteiger partial charge in [-0.1, -0.05) is 11.6 Å². The molecule has 1 N–H and O–H groups in total. The maximum absolute atomic E-state index is 13.5. The van der Waals surface area contributed by atoms with Crippen LogP contribution >= 0.6 is 11.6 Å². The molecule has 1 heterocycles. The molecular formula is C13H17ClFNO. The van der Waals surface area contributed by atoms with Gasteiger partial charge in [0.25, 0.3) is 0 Å². The van der Waals surface area contributed by atoms with E-state index in [1.54, 1.807) is 12.1 Å². The van der Waals surface area contributed by atoms with Crippen LogP contribution in [0, 0.1) is 11.7 Å². The van der Waals surface area contributed by atoms with E-state index < -0.39 is 0 Å². The van der Waals surface area contributed by atoms with Gasteiger partial charge in [-0.25, -0.2) is 4.39 Å². The van der Waals surface area contributed by atoms with Gasteiger partial charge in [0.05, 0.1) is 6.61 Å². The smallest absolute Gasteiger partial charge is 0.127 e. The molecule has 4 heteroatoms.